The van der Waals surface area contributed by atoms with E-state index in [1.54, 1.807) is 12.4 Å². The molecule has 27 heavy (non-hydrogen) atoms. The molecular weight excluding hydrogens is 336 g/mol. The molecule has 0 radical (unpaired) electrons. The van der Waals surface area contributed by atoms with E-state index in [2.05, 4.69) is 21.4 Å². The van der Waals surface area contributed by atoms with E-state index in [9.17, 15) is 4.79 Å². The second kappa shape index (κ2) is 6.28. The van der Waals surface area contributed by atoms with Gasteiger partial charge in [-0.15, -0.1) is 0 Å². The fourth-order valence-corrected chi connectivity index (χ4v) is 4.36. The first-order valence-corrected chi connectivity index (χ1v) is 9.32. The van der Waals surface area contributed by atoms with E-state index in [-0.39, 0.29) is 11.4 Å². The summed E-state index contributed by atoms with van der Waals surface area (Å²) in [7, 11) is 0. The molecule has 1 spiro atoms. The number of rotatable bonds is 2. The molecule has 2 aromatic carbocycles. The van der Waals surface area contributed by atoms with Crippen LogP contribution in [0.5, 0.6) is 0 Å². The quantitative estimate of drug-likeness (QED) is 0.765. The lowest BCUT2D eigenvalue weighted by atomic mass is 9.81. The molecule has 0 atom stereocenters. The van der Waals surface area contributed by atoms with Crippen LogP contribution in [0.1, 0.15) is 28.8 Å². The maximum Gasteiger partial charge on any atom is 0.260 e. The Morgan fingerprint density at radius 2 is 1.63 bits per heavy atom. The number of anilines is 1. The van der Waals surface area contributed by atoms with Gasteiger partial charge in [-0.3, -0.25) is 14.7 Å². The lowest BCUT2D eigenvalue weighted by Gasteiger charge is -2.41. The summed E-state index contributed by atoms with van der Waals surface area (Å²) in [5, 5.41) is 3.41. The molecule has 1 saturated heterocycles. The molecule has 2 aliphatic rings. The van der Waals surface area contributed by atoms with E-state index in [0.29, 0.717) is 5.82 Å². The van der Waals surface area contributed by atoms with Crippen molar-refractivity contribution >= 4 is 11.7 Å². The van der Waals surface area contributed by atoms with E-state index >= 15 is 0 Å². The lowest BCUT2D eigenvalue weighted by Crippen LogP contribution is -2.51. The smallest absolute Gasteiger partial charge is 0.260 e. The highest BCUT2D eigenvalue weighted by Gasteiger charge is 2.51. The molecule has 1 amide bonds. The molecule has 3 heterocycles. The monoisotopic (exact) mass is 356 g/mol. The minimum absolute atomic E-state index is 0.0225. The van der Waals surface area contributed by atoms with Gasteiger partial charge >= 0.3 is 0 Å². The van der Waals surface area contributed by atoms with Crippen LogP contribution in [0.3, 0.4) is 0 Å². The fourth-order valence-electron chi connectivity index (χ4n) is 4.36. The van der Waals surface area contributed by atoms with Crippen LogP contribution < -0.4 is 10.2 Å². The van der Waals surface area contributed by atoms with E-state index in [1.807, 2.05) is 53.4 Å². The highest BCUT2D eigenvalue weighted by Crippen LogP contribution is 2.46. The number of hydrogen-bond donors (Lipinski definition) is 1. The van der Waals surface area contributed by atoms with Crippen molar-refractivity contribution in [2.75, 3.05) is 18.0 Å². The lowest BCUT2D eigenvalue weighted by molar-refractivity contribution is 0.0966. The summed E-state index contributed by atoms with van der Waals surface area (Å²) < 4.78 is 0. The standard InChI is InChI=1S/C22H20N4O/c27-21-17-8-4-5-9-18(17)22(10-12-23-13-11-22)26(21)20-15-24-19(14-25-20)16-6-2-1-3-7-16/h1-9,14-15,23H,10-13H2. The average molecular weight is 356 g/mol. The average Bonchev–Trinajstić information content (AvgIpc) is 2.98. The molecule has 3 aromatic rings. The summed E-state index contributed by atoms with van der Waals surface area (Å²) in [5.41, 5.74) is 3.40. The summed E-state index contributed by atoms with van der Waals surface area (Å²) in [6.45, 7) is 1.77. The molecule has 5 heteroatoms. The predicted octanol–water partition coefficient (Wildman–Crippen LogP) is 3.38. The normalized spacial score (nSPS) is 17.9. The van der Waals surface area contributed by atoms with Crippen molar-refractivity contribution < 1.29 is 4.79 Å². The minimum atomic E-state index is -0.331. The number of hydrogen-bond acceptors (Lipinski definition) is 4. The van der Waals surface area contributed by atoms with Crippen LogP contribution in [0.2, 0.25) is 0 Å². The van der Waals surface area contributed by atoms with Crippen molar-refractivity contribution in [3.8, 4) is 11.3 Å². The molecule has 134 valence electrons. The van der Waals surface area contributed by atoms with Crippen molar-refractivity contribution in [1.29, 1.82) is 0 Å². The number of fused-ring (bicyclic) bond motifs is 2. The van der Waals surface area contributed by atoms with Crippen LogP contribution in [-0.2, 0) is 5.54 Å². The Morgan fingerprint density at radius 1 is 0.889 bits per heavy atom. The molecule has 2 aliphatic heterocycles. The molecule has 5 rings (SSSR count). The second-order valence-corrected chi connectivity index (χ2v) is 7.09. The van der Waals surface area contributed by atoms with Crippen molar-refractivity contribution in [3.05, 3.63) is 78.1 Å². The first kappa shape index (κ1) is 16.1. The third-order valence-electron chi connectivity index (χ3n) is 5.66. The van der Waals surface area contributed by atoms with Gasteiger partial charge < -0.3 is 5.32 Å². The predicted molar refractivity (Wildman–Crippen MR) is 105 cm³/mol. The highest BCUT2D eigenvalue weighted by atomic mass is 16.2. The van der Waals surface area contributed by atoms with Gasteiger partial charge in [0.2, 0.25) is 0 Å². The molecule has 0 unspecified atom stereocenters. The Hall–Kier alpha value is -3.05. The van der Waals surface area contributed by atoms with Crippen molar-refractivity contribution in [3.63, 3.8) is 0 Å². The first-order chi connectivity index (χ1) is 13.3. The number of benzene rings is 2. The van der Waals surface area contributed by atoms with Gasteiger partial charge in [-0.05, 0) is 37.6 Å². The zero-order chi connectivity index (χ0) is 18.3. The van der Waals surface area contributed by atoms with Gasteiger partial charge in [-0.25, -0.2) is 4.98 Å². The van der Waals surface area contributed by atoms with Gasteiger partial charge in [0.25, 0.3) is 5.91 Å². The van der Waals surface area contributed by atoms with E-state index < -0.39 is 0 Å². The Kier molecular flexibility index (Phi) is 3.76. The largest absolute Gasteiger partial charge is 0.317 e. The number of carbonyl (C=O) groups is 1. The number of nitrogens with zero attached hydrogens (tertiary/aromatic N) is 3. The van der Waals surface area contributed by atoms with Crippen LogP contribution in [0.15, 0.2) is 67.0 Å². The number of amides is 1. The van der Waals surface area contributed by atoms with Crippen LogP contribution in [-0.4, -0.2) is 29.0 Å². The molecular formula is C22H20N4O. The highest BCUT2D eigenvalue weighted by molar-refractivity contribution is 6.11. The van der Waals surface area contributed by atoms with E-state index in [4.69, 9.17) is 0 Å². The van der Waals surface area contributed by atoms with Crippen LogP contribution in [0, 0.1) is 0 Å². The molecule has 0 bridgehead atoms. The molecule has 5 nitrogen and oxygen atoms in total. The zero-order valence-corrected chi connectivity index (χ0v) is 14.9. The SMILES string of the molecule is O=C1c2ccccc2C2(CCNCC2)N1c1cnc(-c2ccccc2)cn1. The van der Waals surface area contributed by atoms with Crippen molar-refractivity contribution in [1.82, 2.24) is 15.3 Å². The summed E-state index contributed by atoms with van der Waals surface area (Å²) in [5.74, 6) is 0.645. The maximum atomic E-state index is 13.3. The number of aromatic nitrogens is 2. The van der Waals surface area contributed by atoms with Crippen LogP contribution >= 0.6 is 0 Å². The van der Waals surface area contributed by atoms with Crippen LogP contribution in [0.4, 0.5) is 5.82 Å². The molecule has 1 aromatic heterocycles. The summed E-state index contributed by atoms with van der Waals surface area (Å²) in [6, 6.07) is 17.9. The molecule has 1 fully saturated rings. The van der Waals surface area contributed by atoms with Gasteiger partial charge in [-0.2, -0.15) is 0 Å². The summed E-state index contributed by atoms with van der Waals surface area (Å²) >= 11 is 0. The Labute approximate surface area is 158 Å². The number of carbonyl (C=O) groups excluding carboxylic acids is 1. The minimum Gasteiger partial charge on any atom is -0.317 e. The first-order valence-electron chi connectivity index (χ1n) is 9.32. The van der Waals surface area contributed by atoms with Crippen LogP contribution in [0.25, 0.3) is 11.3 Å². The topological polar surface area (TPSA) is 58.1 Å². The summed E-state index contributed by atoms with van der Waals surface area (Å²) in [4.78, 5) is 24.4. The molecule has 0 aliphatic carbocycles. The Bertz CT molecular complexity index is 979. The maximum absolute atomic E-state index is 13.3. The molecule has 0 saturated carbocycles. The van der Waals surface area contributed by atoms with Gasteiger partial charge in [0, 0.05) is 11.1 Å². The van der Waals surface area contributed by atoms with Crippen molar-refractivity contribution in [2.24, 2.45) is 0 Å². The van der Waals surface area contributed by atoms with Gasteiger partial charge in [0.15, 0.2) is 5.82 Å². The molecule has 1 N–H and O–H groups in total. The van der Waals surface area contributed by atoms with Gasteiger partial charge in [0.1, 0.15) is 0 Å². The third-order valence-corrected chi connectivity index (χ3v) is 5.66. The van der Waals surface area contributed by atoms with E-state index in [0.717, 1.165) is 48.3 Å². The second-order valence-electron chi connectivity index (χ2n) is 7.09. The fraction of sp³-hybridized carbons (Fsp3) is 0.227. The Balaban J connectivity index is 1.58. The number of piperidine rings is 1. The summed E-state index contributed by atoms with van der Waals surface area (Å²) in [6.07, 6.45) is 5.24. The zero-order valence-electron chi connectivity index (χ0n) is 14.9. The third kappa shape index (κ3) is 2.46. The van der Waals surface area contributed by atoms with Gasteiger partial charge in [0.05, 0.1) is 23.6 Å². The Morgan fingerprint density at radius 3 is 2.37 bits per heavy atom. The number of nitrogens with one attached hydrogen (secondary N) is 1. The van der Waals surface area contributed by atoms with E-state index in [1.165, 1.54) is 0 Å². The van der Waals surface area contributed by atoms with Crippen molar-refractivity contribution in [2.45, 2.75) is 18.4 Å². The van der Waals surface area contributed by atoms with Gasteiger partial charge in [-0.1, -0.05) is 48.5 Å².